The minimum atomic E-state index is -1.11. The van der Waals surface area contributed by atoms with Gasteiger partial charge < -0.3 is 20.5 Å². The summed E-state index contributed by atoms with van der Waals surface area (Å²) < 4.78 is 5.72. The van der Waals surface area contributed by atoms with E-state index in [-0.39, 0.29) is 0 Å². The van der Waals surface area contributed by atoms with Gasteiger partial charge in [-0.1, -0.05) is 19.1 Å². The number of fused-ring (bicyclic) bond motifs is 1. The molecule has 0 bridgehead atoms. The Hall–Kier alpha value is -1.75. The van der Waals surface area contributed by atoms with E-state index in [1.54, 1.807) is 0 Å². The van der Waals surface area contributed by atoms with E-state index in [4.69, 9.17) is 10.5 Å². The molecule has 1 aliphatic rings. The quantitative estimate of drug-likeness (QED) is 0.841. The standard InChI is InChI=1S/C16H24N2O3/c1-2-16(17,15(19)20)9-5-10-18-11-6-12-21-14-8-4-3-7-13(14)18/h3-4,7-8H,2,5-6,9-12,17H2,1H3,(H,19,20). The summed E-state index contributed by atoms with van der Waals surface area (Å²) in [6.07, 6.45) is 2.65. The molecular formula is C16H24N2O3. The monoisotopic (exact) mass is 292 g/mol. The summed E-state index contributed by atoms with van der Waals surface area (Å²) in [7, 11) is 0. The molecule has 1 unspecified atom stereocenters. The van der Waals surface area contributed by atoms with Gasteiger partial charge in [0.2, 0.25) is 0 Å². The van der Waals surface area contributed by atoms with Gasteiger partial charge in [0.15, 0.2) is 0 Å². The molecule has 5 nitrogen and oxygen atoms in total. The van der Waals surface area contributed by atoms with Crippen LogP contribution in [0.15, 0.2) is 24.3 Å². The van der Waals surface area contributed by atoms with Gasteiger partial charge in [-0.05, 0) is 37.8 Å². The van der Waals surface area contributed by atoms with Crippen molar-refractivity contribution in [2.45, 2.75) is 38.1 Å². The molecule has 116 valence electrons. The lowest BCUT2D eigenvalue weighted by atomic mass is 9.91. The Balaban J connectivity index is 1.99. The molecule has 0 fully saturated rings. The summed E-state index contributed by atoms with van der Waals surface area (Å²) in [6, 6.07) is 7.99. The number of rotatable bonds is 6. The van der Waals surface area contributed by atoms with Gasteiger partial charge in [-0.25, -0.2) is 0 Å². The van der Waals surface area contributed by atoms with Crippen LogP contribution in [0.4, 0.5) is 5.69 Å². The number of nitrogens with zero attached hydrogens (tertiary/aromatic N) is 1. The van der Waals surface area contributed by atoms with E-state index in [0.29, 0.717) is 12.8 Å². The van der Waals surface area contributed by atoms with Crippen LogP contribution in [0.1, 0.15) is 32.6 Å². The number of carboxylic acid groups (broad SMARTS) is 1. The number of carboxylic acids is 1. The van der Waals surface area contributed by atoms with Crippen molar-refractivity contribution in [2.75, 3.05) is 24.6 Å². The zero-order valence-corrected chi connectivity index (χ0v) is 12.5. The van der Waals surface area contributed by atoms with Gasteiger partial charge in [0.1, 0.15) is 11.3 Å². The Morgan fingerprint density at radius 2 is 2.24 bits per heavy atom. The highest BCUT2D eigenvalue weighted by molar-refractivity contribution is 5.78. The molecule has 0 saturated heterocycles. The Morgan fingerprint density at radius 1 is 1.48 bits per heavy atom. The third-order valence-electron chi connectivity index (χ3n) is 4.14. The molecular weight excluding hydrogens is 268 g/mol. The van der Waals surface area contributed by atoms with Gasteiger partial charge >= 0.3 is 5.97 Å². The maximum atomic E-state index is 11.2. The third kappa shape index (κ3) is 3.67. The summed E-state index contributed by atoms with van der Waals surface area (Å²) in [6.45, 7) is 4.27. The highest BCUT2D eigenvalue weighted by Gasteiger charge is 2.31. The van der Waals surface area contributed by atoms with Gasteiger partial charge in [-0.2, -0.15) is 0 Å². The van der Waals surface area contributed by atoms with Gasteiger partial charge in [-0.15, -0.1) is 0 Å². The van der Waals surface area contributed by atoms with Crippen LogP contribution in [0.3, 0.4) is 0 Å². The number of anilines is 1. The largest absolute Gasteiger partial charge is 0.491 e. The molecule has 1 aliphatic heterocycles. The van der Waals surface area contributed by atoms with Crippen molar-refractivity contribution < 1.29 is 14.6 Å². The highest BCUT2D eigenvalue weighted by atomic mass is 16.5. The number of carbonyl (C=O) groups is 1. The number of para-hydroxylation sites is 2. The summed E-state index contributed by atoms with van der Waals surface area (Å²) in [5.74, 6) is -0.00709. The average molecular weight is 292 g/mol. The Bertz CT molecular complexity index is 492. The first-order valence-corrected chi connectivity index (χ1v) is 7.56. The SMILES string of the molecule is CCC(N)(CCCN1CCCOc2ccccc21)C(=O)O. The van der Waals surface area contributed by atoms with Crippen LogP contribution in [0.2, 0.25) is 0 Å². The van der Waals surface area contributed by atoms with Gasteiger partial charge in [0.05, 0.1) is 12.3 Å². The van der Waals surface area contributed by atoms with Crippen LogP contribution >= 0.6 is 0 Å². The van der Waals surface area contributed by atoms with Crippen molar-refractivity contribution in [2.24, 2.45) is 5.73 Å². The Kier molecular flexibility index (Phi) is 5.07. The molecule has 3 N–H and O–H groups in total. The predicted octanol–water partition coefficient (Wildman–Crippen LogP) is 2.25. The van der Waals surface area contributed by atoms with E-state index in [9.17, 15) is 9.90 Å². The molecule has 1 atom stereocenters. The Labute approximate surface area is 125 Å². The van der Waals surface area contributed by atoms with Crippen LogP contribution in [-0.2, 0) is 4.79 Å². The molecule has 1 heterocycles. The molecule has 2 rings (SSSR count). The van der Waals surface area contributed by atoms with Crippen LogP contribution in [0, 0.1) is 0 Å². The predicted molar refractivity (Wildman–Crippen MR) is 82.8 cm³/mol. The molecule has 0 radical (unpaired) electrons. The van der Waals surface area contributed by atoms with Crippen molar-refractivity contribution in [3.8, 4) is 5.75 Å². The molecule has 0 amide bonds. The van der Waals surface area contributed by atoms with Gasteiger partial charge in [0, 0.05) is 13.1 Å². The fraction of sp³-hybridized carbons (Fsp3) is 0.562. The first-order chi connectivity index (χ1) is 10.1. The highest BCUT2D eigenvalue weighted by Crippen LogP contribution is 2.30. The number of benzene rings is 1. The normalized spacial score (nSPS) is 17.3. The first-order valence-electron chi connectivity index (χ1n) is 7.56. The summed E-state index contributed by atoms with van der Waals surface area (Å²) in [5.41, 5.74) is 5.92. The first kappa shape index (κ1) is 15.6. The number of hydrogen-bond donors (Lipinski definition) is 2. The fourth-order valence-corrected chi connectivity index (χ4v) is 2.65. The van der Waals surface area contributed by atoms with Crippen molar-refractivity contribution in [3.05, 3.63) is 24.3 Å². The number of nitrogens with two attached hydrogens (primary N) is 1. The lowest BCUT2D eigenvalue weighted by molar-refractivity contribution is -0.143. The van der Waals surface area contributed by atoms with Crippen LogP contribution in [-0.4, -0.2) is 36.3 Å². The van der Waals surface area contributed by atoms with Crippen LogP contribution in [0.25, 0.3) is 0 Å². The summed E-state index contributed by atoms with van der Waals surface area (Å²) >= 11 is 0. The molecule has 0 saturated carbocycles. The molecule has 5 heteroatoms. The maximum Gasteiger partial charge on any atom is 0.323 e. The van der Waals surface area contributed by atoms with E-state index in [1.165, 1.54) is 0 Å². The second-order valence-corrected chi connectivity index (χ2v) is 5.58. The number of hydrogen-bond acceptors (Lipinski definition) is 4. The van der Waals surface area contributed by atoms with Crippen LogP contribution < -0.4 is 15.4 Å². The lowest BCUT2D eigenvalue weighted by Gasteiger charge is -2.27. The zero-order valence-electron chi connectivity index (χ0n) is 12.5. The molecule has 1 aromatic rings. The van der Waals surface area contributed by atoms with Crippen LogP contribution in [0.5, 0.6) is 5.75 Å². The Morgan fingerprint density at radius 3 is 2.95 bits per heavy atom. The smallest absolute Gasteiger partial charge is 0.323 e. The van der Waals surface area contributed by atoms with Gasteiger partial charge in [0.25, 0.3) is 0 Å². The second-order valence-electron chi connectivity index (χ2n) is 5.58. The van der Waals surface area contributed by atoms with Crippen molar-refractivity contribution >= 4 is 11.7 Å². The number of aliphatic carboxylic acids is 1. The van der Waals surface area contributed by atoms with Crippen molar-refractivity contribution in [1.82, 2.24) is 0 Å². The van der Waals surface area contributed by atoms with E-state index in [2.05, 4.69) is 4.90 Å². The van der Waals surface area contributed by atoms with Gasteiger partial charge in [-0.3, -0.25) is 4.79 Å². The molecule has 21 heavy (non-hydrogen) atoms. The average Bonchev–Trinajstić information content (AvgIpc) is 2.69. The number of ether oxygens (including phenoxy) is 1. The summed E-state index contributed by atoms with van der Waals surface area (Å²) in [4.78, 5) is 13.5. The fourth-order valence-electron chi connectivity index (χ4n) is 2.65. The topological polar surface area (TPSA) is 75.8 Å². The minimum absolute atomic E-state index is 0.446. The van der Waals surface area contributed by atoms with Crippen molar-refractivity contribution in [1.29, 1.82) is 0 Å². The molecule has 0 aromatic heterocycles. The molecule has 0 spiro atoms. The van der Waals surface area contributed by atoms with E-state index in [0.717, 1.165) is 44.0 Å². The van der Waals surface area contributed by atoms with E-state index >= 15 is 0 Å². The molecule has 1 aromatic carbocycles. The zero-order chi connectivity index (χ0) is 15.3. The minimum Gasteiger partial charge on any atom is -0.491 e. The second kappa shape index (κ2) is 6.80. The summed E-state index contributed by atoms with van der Waals surface area (Å²) in [5, 5.41) is 9.21. The lowest BCUT2D eigenvalue weighted by Crippen LogP contribution is -2.47. The third-order valence-corrected chi connectivity index (χ3v) is 4.14. The molecule has 0 aliphatic carbocycles. The van der Waals surface area contributed by atoms with E-state index < -0.39 is 11.5 Å². The van der Waals surface area contributed by atoms with E-state index in [1.807, 2.05) is 31.2 Å². The van der Waals surface area contributed by atoms with Crippen molar-refractivity contribution in [3.63, 3.8) is 0 Å². The maximum absolute atomic E-state index is 11.2.